The van der Waals surface area contributed by atoms with Crippen molar-refractivity contribution in [3.63, 3.8) is 0 Å². The molecule has 6 rings (SSSR count). The molecule has 0 bridgehead atoms. The Kier molecular flexibility index (Phi) is 10.0. The Balaban J connectivity index is 0.000000175. The second-order valence-electron chi connectivity index (χ2n) is 11.4. The van der Waals surface area contributed by atoms with Crippen LogP contribution in [0.4, 0.5) is 0 Å². The summed E-state index contributed by atoms with van der Waals surface area (Å²) in [6.07, 6.45) is 2.81. The van der Waals surface area contributed by atoms with E-state index >= 15 is 0 Å². The third-order valence-corrected chi connectivity index (χ3v) is 9.49. The van der Waals surface area contributed by atoms with Gasteiger partial charge in [-0.15, -0.1) is 0 Å². The number of carbonyl (C=O) groups is 2. The first-order valence-corrected chi connectivity index (χ1v) is 16.3. The van der Waals surface area contributed by atoms with Crippen LogP contribution in [0.3, 0.4) is 0 Å². The van der Waals surface area contributed by atoms with Crippen LogP contribution in [0.15, 0.2) is 119 Å². The number of amides is 2. The summed E-state index contributed by atoms with van der Waals surface area (Å²) in [4.78, 5) is 28.0. The summed E-state index contributed by atoms with van der Waals surface area (Å²) in [5.41, 5.74) is 10.0. The van der Waals surface area contributed by atoms with Crippen LogP contribution in [-0.4, -0.2) is 34.7 Å². The van der Waals surface area contributed by atoms with Crippen molar-refractivity contribution in [1.29, 1.82) is 0 Å². The van der Waals surface area contributed by atoms with Gasteiger partial charge in [-0.05, 0) is 94.8 Å². The smallest absolute Gasteiger partial charge is 0.246 e. The van der Waals surface area contributed by atoms with E-state index in [1.165, 1.54) is 56.7 Å². The van der Waals surface area contributed by atoms with Crippen molar-refractivity contribution in [2.24, 2.45) is 0 Å². The van der Waals surface area contributed by atoms with E-state index in [-0.39, 0.29) is 23.7 Å². The molecule has 0 spiro atoms. The van der Waals surface area contributed by atoms with Gasteiger partial charge < -0.3 is 9.80 Å². The highest BCUT2D eigenvalue weighted by Gasteiger charge is 2.31. The van der Waals surface area contributed by atoms with Gasteiger partial charge >= 0.3 is 0 Å². The normalized spacial score (nSPS) is 17.0. The minimum Gasteiger partial charge on any atom is -0.334 e. The lowest BCUT2D eigenvalue weighted by Crippen LogP contribution is -2.38. The van der Waals surface area contributed by atoms with Crippen molar-refractivity contribution in [2.75, 3.05) is 13.1 Å². The fourth-order valence-electron chi connectivity index (χ4n) is 6.33. The molecule has 6 heteroatoms. The first-order chi connectivity index (χ1) is 21.2. The molecule has 4 aromatic carbocycles. The van der Waals surface area contributed by atoms with Crippen LogP contribution in [0.25, 0.3) is 0 Å². The predicted octanol–water partition coefficient (Wildman–Crippen LogP) is 8.84. The SMILES string of the molecule is C=CC(=O)N1Cc2c(C)cc(Br)cc2[C@@H](c2ccccc2)C1.C=CC(=O)N1Cc2c(C)cc(Br)cc2[C@H](c2ccccc2)C1. The standard InChI is InChI=1S/2C19H18BrNO/c2*1-3-19(22)21-11-17-13(2)9-15(20)10-16(17)18(12-21)14-7-5-4-6-8-14/h2*3-10,18H,1,11-12H2,2H3/t2*18-/m10/s1. The number of carbonyl (C=O) groups excluding carboxylic acids is 2. The zero-order chi connectivity index (χ0) is 31.4. The lowest BCUT2D eigenvalue weighted by Gasteiger charge is -2.35. The molecule has 0 N–H and O–H groups in total. The maximum Gasteiger partial charge on any atom is 0.246 e. The Bertz CT molecular complexity index is 1570. The Labute approximate surface area is 277 Å². The highest BCUT2D eigenvalue weighted by molar-refractivity contribution is 9.10. The number of hydrogen-bond acceptors (Lipinski definition) is 2. The van der Waals surface area contributed by atoms with Gasteiger partial charge in [-0.3, -0.25) is 9.59 Å². The molecule has 0 unspecified atom stereocenters. The molecule has 2 heterocycles. The number of aryl methyl sites for hydroxylation is 2. The highest BCUT2D eigenvalue weighted by Crippen LogP contribution is 2.38. The summed E-state index contributed by atoms with van der Waals surface area (Å²) in [6.45, 7) is 14.2. The van der Waals surface area contributed by atoms with Gasteiger partial charge in [0.2, 0.25) is 11.8 Å². The van der Waals surface area contributed by atoms with Crippen LogP contribution < -0.4 is 0 Å². The van der Waals surface area contributed by atoms with Crippen molar-refractivity contribution < 1.29 is 9.59 Å². The Hall–Kier alpha value is -3.74. The molecule has 0 saturated carbocycles. The van der Waals surface area contributed by atoms with Gasteiger partial charge in [0.05, 0.1) is 0 Å². The predicted molar refractivity (Wildman–Crippen MR) is 186 cm³/mol. The maximum absolute atomic E-state index is 12.1. The zero-order valence-electron chi connectivity index (χ0n) is 25.1. The minimum atomic E-state index is -0.00565. The van der Waals surface area contributed by atoms with E-state index in [1.54, 1.807) is 0 Å². The molecular weight excluding hydrogens is 676 g/mol. The summed E-state index contributed by atoms with van der Waals surface area (Å²) in [5.74, 6) is 0.387. The first-order valence-electron chi connectivity index (χ1n) is 14.7. The molecule has 44 heavy (non-hydrogen) atoms. The molecule has 0 fully saturated rings. The van der Waals surface area contributed by atoms with Crippen LogP contribution in [-0.2, 0) is 22.7 Å². The Morgan fingerprint density at radius 2 is 1.02 bits per heavy atom. The van der Waals surface area contributed by atoms with E-state index in [2.05, 4.69) is 107 Å². The highest BCUT2D eigenvalue weighted by atomic mass is 79.9. The molecule has 0 aliphatic carbocycles. The number of hydrogen-bond donors (Lipinski definition) is 0. The van der Waals surface area contributed by atoms with Crippen molar-refractivity contribution in [3.8, 4) is 0 Å². The lowest BCUT2D eigenvalue weighted by molar-refractivity contribution is -0.127. The fraction of sp³-hybridized carbons (Fsp3) is 0.211. The molecule has 224 valence electrons. The van der Waals surface area contributed by atoms with E-state index in [4.69, 9.17) is 0 Å². The second kappa shape index (κ2) is 13.9. The molecule has 2 aliphatic rings. The van der Waals surface area contributed by atoms with Crippen LogP contribution >= 0.6 is 31.9 Å². The Morgan fingerprint density at radius 1 is 0.659 bits per heavy atom. The Morgan fingerprint density at radius 3 is 1.36 bits per heavy atom. The molecule has 2 aliphatic heterocycles. The first kappa shape index (κ1) is 31.7. The van der Waals surface area contributed by atoms with Crippen LogP contribution in [0.5, 0.6) is 0 Å². The van der Waals surface area contributed by atoms with Crippen molar-refractivity contribution in [3.05, 3.63) is 164 Å². The second-order valence-corrected chi connectivity index (χ2v) is 13.2. The fourth-order valence-corrected chi connectivity index (χ4v) is 7.51. The molecule has 4 aromatic rings. The van der Waals surface area contributed by atoms with Crippen LogP contribution in [0.1, 0.15) is 56.3 Å². The average Bonchev–Trinajstić information content (AvgIpc) is 3.04. The van der Waals surface area contributed by atoms with Crippen LogP contribution in [0, 0.1) is 13.8 Å². The van der Waals surface area contributed by atoms with Crippen molar-refractivity contribution in [1.82, 2.24) is 9.80 Å². The van der Waals surface area contributed by atoms with Crippen molar-refractivity contribution >= 4 is 43.7 Å². The molecule has 4 nitrogen and oxygen atoms in total. The summed E-state index contributed by atoms with van der Waals surface area (Å²) < 4.78 is 2.18. The van der Waals surface area contributed by atoms with Crippen molar-refractivity contribution in [2.45, 2.75) is 38.8 Å². The van der Waals surface area contributed by atoms with Gasteiger partial charge in [0, 0.05) is 47.0 Å². The van der Waals surface area contributed by atoms with E-state index in [9.17, 15) is 9.59 Å². The summed E-state index contributed by atoms with van der Waals surface area (Å²) in [7, 11) is 0. The lowest BCUT2D eigenvalue weighted by atomic mass is 9.83. The molecule has 0 radical (unpaired) electrons. The number of nitrogens with zero attached hydrogens (tertiary/aromatic N) is 2. The van der Waals surface area contributed by atoms with Gasteiger partial charge in [0.1, 0.15) is 0 Å². The summed E-state index contributed by atoms with van der Waals surface area (Å²) in [6, 6.07) is 29.4. The summed E-state index contributed by atoms with van der Waals surface area (Å²) >= 11 is 7.20. The third kappa shape index (κ3) is 6.82. The summed E-state index contributed by atoms with van der Waals surface area (Å²) in [5, 5.41) is 0. The topological polar surface area (TPSA) is 40.6 Å². The number of rotatable bonds is 4. The van der Waals surface area contributed by atoms with E-state index in [0.717, 1.165) is 8.95 Å². The largest absolute Gasteiger partial charge is 0.334 e. The average molecular weight is 713 g/mol. The van der Waals surface area contributed by atoms with Gasteiger partial charge in [0.15, 0.2) is 0 Å². The molecule has 0 aromatic heterocycles. The van der Waals surface area contributed by atoms with E-state index < -0.39 is 0 Å². The quantitative estimate of drug-likeness (QED) is 0.199. The number of halogens is 2. The van der Waals surface area contributed by atoms with Gasteiger partial charge in [0.25, 0.3) is 0 Å². The van der Waals surface area contributed by atoms with E-state index in [0.29, 0.717) is 26.2 Å². The monoisotopic (exact) mass is 710 g/mol. The van der Waals surface area contributed by atoms with Gasteiger partial charge in [-0.1, -0.05) is 106 Å². The number of benzene rings is 4. The van der Waals surface area contributed by atoms with Gasteiger partial charge in [-0.25, -0.2) is 0 Å². The van der Waals surface area contributed by atoms with Gasteiger partial charge in [-0.2, -0.15) is 0 Å². The maximum atomic E-state index is 12.1. The van der Waals surface area contributed by atoms with E-state index in [1.807, 2.05) is 46.2 Å². The third-order valence-electron chi connectivity index (χ3n) is 8.58. The molecular formula is C38H36Br2N2O2. The van der Waals surface area contributed by atoms with Crippen LogP contribution in [0.2, 0.25) is 0 Å². The number of fused-ring (bicyclic) bond motifs is 2. The zero-order valence-corrected chi connectivity index (χ0v) is 28.3. The molecule has 2 amide bonds. The molecule has 0 saturated heterocycles. The molecule has 2 atom stereocenters. The minimum absolute atomic E-state index is 0.00565.